The molecule has 2 N–H and O–H groups in total. The van der Waals surface area contributed by atoms with Crippen LogP contribution in [0.2, 0.25) is 0 Å². The van der Waals surface area contributed by atoms with Crippen LogP contribution in [0.1, 0.15) is 37.7 Å². The molecule has 2 aromatic carbocycles. The van der Waals surface area contributed by atoms with E-state index < -0.39 is 5.60 Å². The van der Waals surface area contributed by atoms with Gasteiger partial charge in [-0.3, -0.25) is 9.36 Å². The van der Waals surface area contributed by atoms with Gasteiger partial charge in [0.25, 0.3) is 5.56 Å². The van der Waals surface area contributed by atoms with E-state index in [1.807, 2.05) is 37.3 Å². The van der Waals surface area contributed by atoms with Gasteiger partial charge in [0.1, 0.15) is 6.61 Å². The van der Waals surface area contributed by atoms with Gasteiger partial charge in [-0.1, -0.05) is 30.3 Å². The smallest absolute Gasteiger partial charge is 0.350 e. The standard InChI is InChI=1S/C24H26N4O4/c1-4-27-21(15-32-14-16-8-6-5-7-9-16)26-28(23(27)30)17-10-11-18-19(12-17)20(24(2,3)31)13-25-22(18)29/h5-13,31H,4,14-15H2,1-3H3,(H,25,29). The van der Waals surface area contributed by atoms with E-state index in [0.29, 0.717) is 41.0 Å². The summed E-state index contributed by atoms with van der Waals surface area (Å²) in [5, 5.41) is 16.0. The maximum absolute atomic E-state index is 13.0. The maximum Gasteiger partial charge on any atom is 0.350 e. The van der Waals surface area contributed by atoms with Crippen LogP contribution in [0.4, 0.5) is 0 Å². The number of rotatable bonds is 7. The van der Waals surface area contributed by atoms with Gasteiger partial charge in [-0.2, -0.15) is 4.68 Å². The summed E-state index contributed by atoms with van der Waals surface area (Å²) in [6.45, 7) is 6.22. The molecule has 0 spiro atoms. The molecular weight excluding hydrogens is 408 g/mol. The Balaban J connectivity index is 1.72. The topological polar surface area (TPSA) is 102 Å². The normalized spacial score (nSPS) is 11.9. The van der Waals surface area contributed by atoms with E-state index in [4.69, 9.17) is 4.74 Å². The Bertz CT molecular complexity index is 1360. The Morgan fingerprint density at radius 2 is 1.81 bits per heavy atom. The highest BCUT2D eigenvalue weighted by Gasteiger charge is 2.21. The SMILES string of the molecule is CCn1c(COCc2ccccc2)nn(-c2ccc3c(=O)[nH]cc(C(C)(C)O)c3c2)c1=O. The number of hydrogen-bond acceptors (Lipinski definition) is 5. The van der Waals surface area contributed by atoms with Crippen LogP contribution in [0.25, 0.3) is 16.5 Å². The number of benzene rings is 2. The number of pyridine rings is 1. The first-order valence-corrected chi connectivity index (χ1v) is 10.5. The molecule has 0 radical (unpaired) electrons. The minimum absolute atomic E-state index is 0.188. The van der Waals surface area contributed by atoms with Crippen molar-refractivity contribution < 1.29 is 9.84 Å². The fraction of sp³-hybridized carbons (Fsp3) is 0.292. The first kappa shape index (κ1) is 21.7. The van der Waals surface area contributed by atoms with Crippen molar-refractivity contribution in [1.82, 2.24) is 19.3 Å². The molecule has 0 aliphatic heterocycles. The van der Waals surface area contributed by atoms with Crippen molar-refractivity contribution in [3.8, 4) is 5.69 Å². The van der Waals surface area contributed by atoms with Crippen LogP contribution < -0.4 is 11.2 Å². The lowest BCUT2D eigenvalue weighted by molar-refractivity contribution is 0.0798. The lowest BCUT2D eigenvalue weighted by Crippen LogP contribution is -2.24. The number of aliphatic hydroxyl groups is 1. The Morgan fingerprint density at radius 3 is 2.50 bits per heavy atom. The number of aromatic amines is 1. The number of nitrogens with one attached hydrogen (secondary N) is 1. The van der Waals surface area contributed by atoms with Gasteiger partial charge in [-0.25, -0.2) is 4.79 Å². The number of fused-ring (bicyclic) bond motifs is 1. The fourth-order valence-electron chi connectivity index (χ4n) is 3.75. The molecule has 0 fully saturated rings. The molecule has 0 amide bonds. The summed E-state index contributed by atoms with van der Waals surface area (Å²) in [7, 11) is 0. The fourth-order valence-corrected chi connectivity index (χ4v) is 3.75. The van der Waals surface area contributed by atoms with Gasteiger partial charge in [-0.05, 0) is 49.9 Å². The van der Waals surface area contributed by atoms with E-state index in [0.717, 1.165) is 5.56 Å². The average Bonchev–Trinajstić information content (AvgIpc) is 3.08. The molecule has 0 bridgehead atoms. The van der Waals surface area contributed by atoms with E-state index in [9.17, 15) is 14.7 Å². The molecule has 32 heavy (non-hydrogen) atoms. The maximum atomic E-state index is 13.0. The lowest BCUT2D eigenvalue weighted by Gasteiger charge is -2.19. The van der Waals surface area contributed by atoms with E-state index in [-0.39, 0.29) is 17.9 Å². The highest BCUT2D eigenvalue weighted by atomic mass is 16.5. The van der Waals surface area contributed by atoms with Gasteiger partial charge < -0.3 is 14.8 Å². The molecule has 166 valence electrons. The first-order valence-electron chi connectivity index (χ1n) is 10.5. The van der Waals surface area contributed by atoms with E-state index in [2.05, 4.69) is 10.1 Å². The number of aromatic nitrogens is 4. The van der Waals surface area contributed by atoms with Crippen molar-refractivity contribution in [3.63, 3.8) is 0 Å². The highest BCUT2D eigenvalue weighted by Crippen LogP contribution is 2.27. The predicted molar refractivity (Wildman–Crippen MR) is 122 cm³/mol. The molecule has 0 unspecified atom stereocenters. The van der Waals surface area contributed by atoms with Crippen molar-refractivity contribution in [3.05, 3.63) is 92.5 Å². The Labute approximate surface area is 184 Å². The zero-order valence-corrected chi connectivity index (χ0v) is 18.3. The third-order valence-electron chi connectivity index (χ3n) is 5.39. The quantitative estimate of drug-likeness (QED) is 0.466. The van der Waals surface area contributed by atoms with Gasteiger partial charge in [-0.15, -0.1) is 5.10 Å². The molecule has 8 heteroatoms. The molecule has 0 atom stereocenters. The summed E-state index contributed by atoms with van der Waals surface area (Å²) < 4.78 is 8.65. The summed E-state index contributed by atoms with van der Waals surface area (Å²) in [6, 6.07) is 14.8. The van der Waals surface area contributed by atoms with E-state index in [1.165, 1.54) is 10.9 Å². The van der Waals surface area contributed by atoms with E-state index >= 15 is 0 Å². The summed E-state index contributed by atoms with van der Waals surface area (Å²) in [6.07, 6.45) is 1.50. The minimum Gasteiger partial charge on any atom is -0.386 e. The van der Waals surface area contributed by atoms with Crippen molar-refractivity contribution in [1.29, 1.82) is 0 Å². The second-order valence-electron chi connectivity index (χ2n) is 8.15. The molecule has 2 aromatic heterocycles. The second-order valence-corrected chi connectivity index (χ2v) is 8.15. The van der Waals surface area contributed by atoms with Gasteiger partial charge in [0.15, 0.2) is 5.82 Å². The average molecular weight is 434 g/mol. The molecule has 8 nitrogen and oxygen atoms in total. The highest BCUT2D eigenvalue weighted by molar-refractivity contribution is 5.87. The van der Waals surface area contributed by atoms with Crippen LogP contribution >= 0.6 is 0 Å². The van der Waals surface area contributed by atoms with Crippen LogP contribution in [0.3, 0.4) is 0 Å². The third kappa shape index (κ3) is 4.15. The molecule has 4 aromatic rings. The molecule has 0 aliphatic carbocycles. The van der Waals surface area contributed by atoms with Crippen LogP contribution in [0.15, 0.2) is 64.3 Å². The van der Waals surface area contributed by atoms with Crippen LogP contribution in [-0.2, 0) is 30.1 Å². The van der Waals surface area contributed by atoms with Crippen LogP contribution in [-0.4, -0.2) is 24.4 Å². The molecule has 0 saturated carbocycles. The lowest BCUT2D eigenvalue weighted by atomic mass is 9.94. The van der Waals surface area contributed by atoms with Gasteiger partial charge in [0.05, 0.1) is 17.9 Å². The number of H-pyrrole nitrogens is 1. The van der Waals surface area contributed by atoms with Crippen molar-refractivity contribution in [2.75, 3.05) is 0 Å². The summed E-state index contributed by atoms with van der Waals surface area (Å²) in [5.74, 6) is 0.516. The van der Waals surface area contributed by atoms with Crippen molar-refractivity contribution in [2.45, 2.75) is 46.1 Å². The molecular formula is C24H26N4O4. The number of nitrogens with zero attached hydrogens (tertiary/aromatic N) is 3. The Morgan fingerprint density at radius 1 is 1.06 bits per heavy atom. The van der Waals surface area contributed by atoms with Gasteiger partial charge in [0.2, 0.25) is 0 Å². The van der Waals surface area contributed by atoms with Crippen LogP contribution in [0.5, 0.6) is 0 Å². The molecule has 0 saturated heterocycles. The van der Waals surface area contributed by atoms with Crippen LogP contribution in [0, 0.1) is 0 Å². The number of hydrogen-bond donors (Lipinski definition) is 2. The summed E-state index contributed by atoms with van der Waals surface area (Å²) in [5.41, 5.74) is 0.376. The molecule has 4 rings (SSSR count). The third-order valence-corrected chi connectivity index (χ3v) is 5.39. The van der Waals surface area contributed by atoms with Gasteiger partial charge in [0, 0.05) is 23.7 Å². The first-order chi connectivity index (χ1) is 15.3. The molecule has 0 aliphatic rings. The second kappa shape index (κ2) is 8.57. The largest absolute Gasteiger partial charge is 0.386 e. The van der Waals surface area contributed by atoms with Gasteiger partial charge >= 0.3 is 5.69 Å². The monoisotopic (exact) mass is 434 g/mol. The Kier molecular flexibility index (Phi) is 5.82. The van der Waals surface area contributed by atoms with E-state index in [1.54, 1.807) is 36.6 Å². The van der Waals surface area contributed by atoms with Crippen molar-refractivity contribution >= 4 is 10.8 Å². The number of ether oxygens (including phenoxy) is 1. The summed E-state index contributed by atoms with van der Waals surface area (Å²) >= 11 is 0. The minimum atomic E-state index is -1.18. The predicted octanol–water partition coefficient (Wildman–Crippen LogP) is 2.84. The van der Waals surface area contributed by atoms with Crippen molar-refractivity contribution in [2.24, 2.45) is 0 Å². The Hall–Kier alpha value is -3.49. The summed E-state index contributed by atoms with van der Waals surface area (Å²) in [4.78, 5) is 28.0. The molecule has 2 heterocycles. The zero-order valence-electron chi connectivity index (χ0n) is 18.3. The zero-order chi connectivity index (χ0) is 22.9.